The third-order valence-electron chi connectivity index (χ3n) is 3.12. The molecule has 3 N–H and O–H groups in total. The number of nitrogens with one attached hydrogen (secondary N) is 1. The molecule has 0 unspecified atom stereocenters. The fourth-order valence-corrected chi connectivity index (χ4v) is 2.00. The number of nitrogens with zero attached hydrogens (tertiary/aromatic N) is 2. The van der Waals surface area contributed by atoms with Crippen molar-refractivity contribution in [3.8, 4) is 0 Å². The first-order valence-corrected chi connectivity index (χ1v) is 6.66. The molecule has 1 aromatic carbocycles. The third kappa shape index (κ3) is 3.64. The summed E-state index contributed by atoms with van der Waals surface area (Å²) in [7, 11) is 1.58. The summed E-state index contributed by atoms with van der Waals surface area (Å²) >= 11 is 0. The second-order valence-electron chi connectivity index (χ2n) is 4.55. The van der Waals surface area contributed by atoms with Crippen LogP contribution < -0.4 is 10.6 Å². The molecule has 0 spiro atoms. The number of quaternary nitrogens is 1. The van der Waals surface area contributed by atoms with Crippen LogP contribution in [-0.4, -0.2) is 49.2 Å². The lowest BCUT2D eigenvalue weighted by atomic mass is 10.1. The summed E-state index contributed by atoms with van der Waals surface area (Å²) in [6.45, 7) is 1.10. The highest BCUT2D eigenvalue weighted by atomic mass is 16.2. The molecular formula is C14H19N4O2+. The van der Waals surface area contributed by atoms with Crippen LogP contribution in [0, 0.1) is 0 Å². The van der Waals surface area contributed by atoms with Crippen molar-refractivity contribution in [3.63, 3.8) is 0 Å². The van der Waals surface area contributed by atoms with Crippen molar-refractivity contribution in [2.75, 3.05) is 26.7 Å². The number of carbonyl (C=O) groups excluding carboxylic acids is 2. The first-order valence-electron chi connectivity index (χ1n) is 6.66. The standard InChI is InChI=1S/C14H18N4O2/c1-15-13(19)9-16-10-14(20)18-8-7-12(17-18)11-5-3-2-4-6-11/h2-6,16H,7-10H2,1H3,(H,15,19)/p+1. The first kappa shape index (κ1) is 14.2. The molecular weight excluding hydrogens is 256 g/mol. The molecule has 0 aromatic heterocycles. The maximum Gasteiger partial charge on any atom is 0.297 e. The van der Waals surface area contributed by atoms with Gasteiger partial charge in [-0.05, 0) is 5.56 Å². The van der Waals surface area contributed by atoms with Gasteiger partial charge in [-0.25, -0.2) is 5.01 Å². The number of hydrogen-bond donors (Lipinski definition) is 2. The molecule has 0 aliphatic carbocycles. The lowest BCUT2D eigenvalue weighted by Crippen LogP contribution is -2.88. The highest BCUT2D eigenvalue weighted by molar-refractivity contribution is 6.02. The molecule has 1 aliphatic rings. The zero-order valence-electron chi connectivity index (χ0n) is 11.5. The number of rotatable bonds is 5. The number of likely N-dealkylation sites (N-methyl/N-ethyl adjacent to an activating group) is 1. The molecule has 20 heavy (non-hydrogen) atoms. The second-order valence-corrected chi connectivity index (χ2v) is 4.55. The van der Waals surface area contributed by atoms with Crippen molar-refractivity contribution in [2.24, 2.45) is 5.10 Å². The van der Waals surface area contributed by atoms with Crippen LogP contribution in [0.1, 0.15) is 12.0 Å². The minimum absolute atomic E-state index is 0.0696. The van der Waals surface area contributed by atoms with Crippen molar-refractivity contribution in [1.29, 1.82) is 0 Å². The zero-order valence-corrected chi connectivity index (χ0v) is 11.5. The van der Waals surface area contributed by atoms with E-state index < -0.39 is 0 Å². The summed E-state index contributed by atoms with van der Waals surface area (Å²) < 4.78 is 0. The van der Waals surface area contributed by atoms with Crippen LogP contribution in [0.25, 0.3) is 0 Å². The Morgan fingerprint density at radius 1 is 1.30 bits per heavy atom. The van der Waals surface area contributed by atoms with Gasteiger partial charge in [0.1, 0.15) is 0 Å². The van der Waals surface area contributed by atoms with E-state index in [0.717, 1.165) is 17.7 Å². The highest BCUT2D eigenvalue weighted by Crippen LogP contribution is 2.13. The predicted molar refractivity (Wildman–Crippen MR) is 75.0 cm³/mol. The van der Waals surface area contributed by atoms with E-state index in [1.807, 2.05) is 30.3 Å². The van der Waals surface area contributed by atoms with Crippen LogP contribution in [-0.2, 0) is 9.59 Å². The van der Waals surface area contributed by atoms with Gasteiger partial charge in [0.25, 0.3) is 11.8 Å². The van der Waals surface area contributed by atoms with Gasteiger partial charge in [0.15, 0.2) is 13.1 Å². The molecule has 106 valence electrons. The Morgan fingerprint density at radius 2 is 2.05 bits per heavy atom. The summed E-state index contributed by atoms with van der Waals surface area (Å²) in [5.74, 6) is -0.160. The average Bonchev–Trinajstić information content (AvgIpc) is 2.97. The zero-order chi connectivity index (χ0) is 14.4. The Kier molecular flexibility index (Phi) is 4.84. The average molecular weight is 275 g/mol. The Balaban J connectivity index is 1.87. The van der Waals surface area contributed by atoms with Crippen LogP contribution in [0.2, 0.25) is 0 Å². The van der Waals surface area contributed by atoms with Crippen molar-refractivity contribution < 1.29 is 14.9 Å². The van der Waals surface area contributed by atoms with Crippen LogP contribution in [0.4, 0.5) is 0 Å². The summed E-state index contributed by atoms with van der Waals surface area (Å²) in [4.78, 5) is 23.0. The predicted octanol–water partition coefficient (Wildman–Crippen LogP) is -1.07. The maximum atomic E-state index is 11.9. The lowest BCUT2D eigenvalue weighted by Gasteiger charge is -2.09. The number of hydrogen-bond acceptors (Lipinski definition) is 3. The molecule has 6 nitrogen and oxygen atoms in total. The molecule has 0 saturated heterocycles. The van der Waals surface area contributed by atoms with Gasteiger partial charge in [-0.1, -0.05) is 30.3 Å². The van der Waals surface area contributed by atoms with Gasteiger partial charge >= 0.3 is 0 Å². The van der Waals surface area contributed by atoms with Gasteiger partial charge in [0.2, 0.25) is 0 Å². The Morgan fingerprint density at radius 3 is 2.75 bits per heavy atom. The summed E-state index contributed by atoms with van der Waals surface area (Å²) in [5, 5.41) is 10.0. The number of hydrazone groups is 1. The number of amides is 2. The molecule has 0 bridgehead atoms. The van der Waals surface area contributed by atoms with Crippen LogP contribution in [0.3, 0.4) is 0 Å². The molecule has 0 fully saturated rings. The van der Waals surface area contributed by atoms with Gasteiger partial charge in [0, 0.05) is 13.5 Å². The monoisotopic (exact) mass is 275 g/mol. The third-order valence-corrected chi connectivity index (χ3v) is 3.12. The van der Waals surface area contributed by atoms with E-state index in [1.165, 1.54) is 5.01 Å². The smallest absolute Gasteiger partial charge is 0.297 e. The van der Waals surface area contributed by atoms with Gasteiger partial charge in [-0.3, -0.25) is 9.59 Å². The molecule has 0 atom stereocenters. The van der Waals surface area contributed by atoms with Gasteiger partial charge in [-0.15, -0.1) is 0 Å². The highest BCUT2D eigenvalue weighted by Gasteiger charge is 2.22. The molecule has 0 radical (unpaired) electrons. The fourth-order valence-electron chi connectivity index (χ4n) is 2.00. The Bertz CT molecular complexity index is 513. The maximum absolute atomic E-state index is 11.9. The second kappa shape index (κ2) is 6.81. The van der Waals surface area contributed by atoms with Gasteiger partial charge in [-0.2, -0.15) is 5.10 Å². The van der Waals surface area contributed by atoms with Gasteiger partial charge < -0.3 is 10.6 Å². The minimum Gasteiger partial charge on any atom is -0.354 e. The van der Waals surface area contributed by atoms with Crippen molar-refractivity contribution >= 4 is 17.5 Å². The van der Waals surface area contributed by atoms with Gasteiger partial charge in [0.05, 0.1) is 12.3 Å². The molecule has 6 heteroatoms. The molecule has 1 aliphatic heterocycles. The minimum atomic E-state index is -0.0901. The summed E-state index contributed by atoms with van der Waals surface area (Å²) in [6, 6.07) is 9.85. The SMILES string of the molecule is CNC(=O)C[NH2+]CC(=O)N1CCC(c2ccccc2)=N1. The fraction of sp³-hybridized carbons (Fsp3) is 0.357. The van der Waals surface area contributed by atoms with E-state index in [4.69, 9.17) is 0 Å². The lowest BCUT2D eigenvalue weighted by molar-refractivity contribution is -0.633. The van der Waals surface area contributed by atoms with Crippen molar-refractivity contribution in [3.05, 3.63) is 35.9 Å². The van der Waals surface area contributed by atoms with Crippen LogP contribution >= 0.6 is 0 Å². The molecule has 1 heterocycles. The Labute approximate surface area is 117 Å². The van der Waals surface area contributed by atoms with Crippen LogP contribution in [0.15, 0.2) is 35.4 Å². The van der Waals surface area contributed by atoms with E-state index >= 15 is 0 Å². The molecule has 2 amide bonds. The van der Waals surface area contributed by atoms with E-state index in [-0.39, 0.29) is 24.9 Å². The van der Waals surface area contributed by atoms with E-state index in [2.05, 4.69) is 10.4 Å². The van der Waals surface area contributed by atoms with E-state index in [1.54, 1.807) is 12.4 Å². The van der Waals surface area contributed by atoms with Crippen LogP contribution in [0.5, 0.6) is 0 Å². The van der Waals surface area contributed by atoms with E-state index in [0.29, 0.717) is 6.54 Å². The largest absolute Gasteiger partial charge is 0.354 e. The number of carbonyl (C=O) groups is 2. The first-order chi connectivity index (χ1) is 9.70. The Hall–Kier alpha value is -2.21. The van der Waals surface area contributed by atoms with Crippen molar-refractivity contribution in [2.45, 2.75) is 6.42 Å². The van der Waals surface area contributed by atoms with Crippen molar-refractivity contribution in [1.82, 2.24) is 10.3 Å². The summed E-state index contributed by atoms with van der Waals surface area (Å²) in [6.07, 6.45) is 0.769. The molecule has 2 rings (SSSR count). The summed E-state index contributed by atoms with van der Waals surface area (Å²) in [5.41, 5.74) is 1.99. The molecule has 0 saturated carbocycles. The number of nitrogens with two attached hydrogens (primary N) is 1. The quantitative estimate of drug-likeness (QED) is 0.718. The number of benzene rings is 1. The topological polar surface area (TPSA) is 78.4 Å². The normalized spacial score (nSPS) is 14.1. The molecule has 1 aromatic rings. The van der Waals surface area contributed by atoms with E-state index in [9.17, 15) is 9.59 Å².